The third-order valence-electron chi connectivity index (χ3n) is 0.924. The van der Waals surface area contributed by atoms with Crippen molar-refractivity contribution >= 4 is 13.8 Å². The van der Waals surface area contributed by atoms with Crippen LogP contribution in [0.4, 0.5) is 0 Å². The average Bonchev–Trinajstić information content (AvgIpc) is 1.95. The predicted molar refractivity (Wildman–Crippen MR) is 50.5 cm³/mol. The number of ether oxygens (including phenoxy) is 1. The second-order valence-electron chi connectivity index (χ2n) is 2.24. The summed E-state index contributed by atoms with van der Waals surface area (Å²) in [6.45, 7) is 4.22. The summed E-state index contributed by atoms with van der Waals surface area (Å²) in [6.07, 6.45) is 0. The van der Waals surface area contributed by atoms with Crippen LogP contribution in [0.1, 0.15) is 14.4 Å². The van der Waals surface area contributed by atoms with E-state index in [1.165, 1.54) is 6.92 Å². The zero-order valence-electron chi connectivity index (χ0n) is 7.10. The molecule has 7 heteroatoms. The first-order valence-corrected chi connectivity index (χ1v) is 4.88. The average molecular weight is 226 g/mol. The lowest BCUT2D eigenvalue weighted by Gasteiger charge is -2.05. The molecular formula is C7H15O6P. The molecule has 0 aliphatic heterocycles. The molecule has 0 bridgehead atoms. The molecule has 6 nitrogen and oxygen atoms in total. The Kier molecular flexibility index (Phi) is 7.58. The number of phosphoric acid groups is 1. The first-order chi connectivity index (χ1) is 5.83. The summed E-state index contributed by atoms with van der Waals surface area (Å²) < 4.78 is 18.6. The van der Waals surface area contributed by atoms with Crippen molar-refractivity contribution in [2.24, 2.45) is 0 Å². The van der Waals surface area contributed by atoms with E-state index in [0.717, 1.165) is 0 Å². The Morgan fingerprint density at radius 2 is 1.93 bits per heavy atom. The van der Waals surface area contributed by atoms with Gasteiger partial charge in [-0.05, 0) is 6.92 Å². The molecule has 0 aromatic heterocycles. The molecule has 0 unspecified atom stereocenters. The van der Waals surface area contributed by atoms with Gasteiger partial charge in [-0.1, -0.05) is 14.0 Å². The van der Waals surface area contributed by atoms with Gasteiger partial charge in [0.2, 0.25) is 0 Å². The number of esters is 1. The molecule has 84 valence electrons. The van der Waals surface area contributed by atoms with Gasteiger partial charge in [0.15, 0.2) is 0 Å². The molecule has 0 radical (unpaired) electrons. The van der Waals surface area contributed by atoms with E-state index in [0.29, 0.717) is 0 Å². The summed E-state index contributed by atoms with van der Waals surface area (Å²) in [7, 11) is -4.46. The summed E-state index contributed by atoms with van der Waals surface area (Å²) in [6, 6.07) is 0. The lowest BCUT2D eigenvalue weighted by Crippen LogP contribution is -2.10. The second kappa shape index (κ2) is 6.73. The number of hydrogen-bond acceptors (Lipinski definition) is 4. The molecule has 0 amide bonds. The fraction of sp³-hybridized carbons (Fsp3) is 0.571. The van der Waals surface area contributed by atoms with E-state index in [1.807, 2.05) is 0 Å². The topological polar surface area (TPSA) is 93.1 Å². The number of carbonyl (C=O) groups excluding carboxylic acids is 1. The van der Waals surface area contributed by atoms with Crippen LogP contribution in [0, 0.1) is 0 Å². The molecule has 0 aliphatic carbocycles. The fourth-order valence-electron chi connectivity index (χ4n) is 0.414. The highest BCUT2D eigenvalue weighted by Crippen LogP contribution is 2.35. The maximum atomic E-state index is 10.7. The monoisotopic (exact) mass is 226 g/mol. The van der Waals surface area contributed by atoms with Gasteiger partial charge in [0.05, 0.1) is 6.61 Å². The van der Waals surface area contributed by atoms with Crippen molar-refractivity contribution in [3.63, 3.8) is 0 Å². The van der Waals surface area contributed by atoms with Crippen molar-refractivity contribution in [1.29, 1.82) is 0 Å². The molecule has 0 heterocycles. The Balaban J connectivity index is 0. The molecule has 0 saturated carbocycles. The number of phosphoric ester groups is 1. The van der Waals surface area contributed by atoms with E-state index in [1.54, 1.807) is 0 Å². The summed E-state index contributed by atoms with van der Waals surface area (Å²) >= 11 is 0. The molecule has 0 aromatic rings. The molecule has 0 saturated heterocycles. The molecule has 0 fully saturated rings. The largest absolute Gasteiger partial charge is 0.469 e. The van der Waals surface area contributed by atoms with E-state index in [4.69, 9.17) is 9.79 Å². The minimum Gasteiger partial charge on any atom is -0.460 e. The van der Waals surface area contributed by atoms with E-state index in [-0.39, 0.29) is 26.2 Å². The Labute approximate surface area is 82.8 Å². The fourth-order valence-corrected chi connectivity index (χ4v) is 0.726. The standard InChI is InChI=1S/C6H11O6P.CH4/c1-5(2)6(7)11-3-4-12-13(8,9)10;/h1,3-4H2,2H3,(H2,8,9,10);1H4. The first-order valence-electron chi connectivity index (χ1n) is 3.35. The number of rotatable bonds is 5. The Morgan fingerprint density at radius 3 is 2.29 bits per heavy atom. The van der Waals surface area contributed by atoms with Crippen molar-refractivity contribution in [3.8, 4) is 0 Å². The van der Waals surface area contributed by atoms with Gasteiger partial charge in [-0.25, -0.2) is 9.36 Å². The van der Waals surface area contributed by atoms with Crippen LogP contribution in [0.2, 0.25) is 0 Å². The van der Waals surface area contributed by atoms with E-state index in [9.17, 15) is 9.36 Å². The lowest BCUT2D eigenvalue weighted by molar-refractivity contribution is -0.139. The number of hydrogen-bond donors (Lipinski definition) is 2. The van der Waals surface area contributed by atoms with Crippen LogP contribution in [0.3, 0.4) is 0 Å². The summed E-state index contributed by atoms with van der Waals surface area (Å²) in [5.74, 6) is -0.616. The summed E-state index contributed by atoms with van der Waals surface area (Å²) in [4.78, 5) is 27.1. The van der Waals surface area contributed by atoms with Crippen LogP contribution in [0.25, 0.3) is 0 Å². The molecule has 0 atom stereocenters. The van der Waals surface area contributed by atoms with Crippen LogP contribution < -0.4 is 0 Å². The highest BCUT2D eigenvalue weighted by atomic mass is 31.2. The minimum absolute atomic E-state index is 0. The van der Waals surface area contributed by atoms with Crippen LogP contribution in [0.5, 0.6) is 0 Å². The Bertz CT molecular complexity index is 243. The molecule has 0 aromatic carbocycles. The first kappa shape index (κ1) is 15.8. The summed E-state index contributed by atoms with van der Waals surface area (Å²) in [5, 5.41) is 0. The highest BCUT2D eigenvalue weighted by Gasteiger charge is 2.13. The van der Waals surface area contributed by atoms with Gasteiger partial charge in [-0.3, -0.25) is 4.52 Å². The van der Waals surface area contributed by atoms with Gasteiger partial charge in [0.1, 0.15) is 6.61 Å². The van der Waals surface area contributed by atoms with Crippen molar-refractivity contribution in [2.75, 3.05) is 13.2 Å². The third kappa shape index (κ3) is 9.41. The Morgan fingerprint density at radius 1 is 1.43 bits per heavy atom. The van der Waals surface area contributed by atoms with Gasteiger partial charge in [0.25, 0.3) is 0 Å². The highest BCUT2D eigenvalue weighted by molar-refractivity contribution is 7.46. The molecule has 14 heavy (non-hydrogen) atoms. The SMILES string of the molecule is C.C=C(C)C(=O)OCCOP(=O)(O)O. The van der Waals surface area contributed by atoms with Crippen LogP contribution in [0.15, 0.2) is 12.2 Å². The number of carbonyl (C=O) groups is 1. The molecular weight excluding hydrogens is 211 g/mol. The molecule has 2 N–H and O–H groups in total. The predicted octanol–water partition coefficient (Wildman–Crippen LogP) is 0.851. The minimum atomic E-state index is -4.46. The maximum absolute atomic E-state index is 10.7. The van der Waals surface area contributed by atoms with Crippen molar-refractivity contribution in [1.82, 2.24) is 0 Å². The quantitative estimate of drug-likeness (QED) is 0.312. The molecule has 0 aliphatic rings. The smallest absolute Gasteiger partial charge is 0.460 e. The van der Waals surface area contributed by atoms with Crippen LogP contribution >= 0.6 is 7.82 Å². The van der Waals surface area contributed by atoms with Gasteiger partial charge in [-0.2, -0.15) is 0 Å². The van der Waals surface area contributed by atoms with E-state index in [2.05, 4.69) is 15.8 Å². The van der Waals surface area contributed by atoms with E-state index < -0.39 is 13.8 Å². The van der Waals surface area contributed by atoms with Gasteiger partial charge in [-0.15, -0.1) is 0 Å². The van der Waals surface area contributed by atoms with Crippen molar-refractivity contribution < 1.29 is 28.4 Å². The maximum Gasteiger partial charge on any atom is 0.469 e. The lowest BCUT2D eigenvalue weighted by atomic mass is 10.4. The van der Waals surface area contributed by atoms with Gasteiger partial charge < -0.3 is 14.5 Å². The molecule has 0 rings (SSSR count). The van der Waals surface area contributed by atoms with Crippen molar-refractivity contribution in [3.05, 3.63) is 12.2 Å². The van der Waals surface area contributed by atoms with Crippen LogP contribution in [-0.4, -0.2) is 29.0 Å². The zero-order valence-corrected chi connectivity index (χ0v) is 7.99. The third-order valence-corrected chi connectivity index (χ3v) is 1.44. The zero-order chi connectivity index (χ0) is 10.5. The Hall–Kier alpha value is -0.680. The molecule has 0 spiro atoms. The normalized spacial score (nSPS) is 10.2. The summed E-state index contributed by atoms with van der Waals surface area (Å²) in [5.41, 5.74) is 0.219. The van der Waals surface area contributed by atoms with Crippen molar-refractivity contribution in [2.45, 2.75) is 14.4 Å². The van der Waals surface area contributed by atoms with Crippen LogP contribution in [-0.2, 0) is 18.6 Å². The van der Waals surface area contributed by atoms with E-state index >= 15 is 0 Å². The van der Waals surface area contributed by atoms with Gasteiger partial charge >= 0.3 is 13.8 Å². The van der Waals surface area contributed by atoms with Gasteiger partial charge in [0, 0.05) is 5.57 Å². The second-order valence-corrected chi connectivity index (χ2v) is 3.48.